The molecule has 2 fully saturated rings. The number of allylic oxidation sites excluding steroid dienone is 3. The van der Waals surface area contributed by atoms with Crippen LogP contribution in [0.2, 0.25) is 0 Å². The van der Waals surface area contributed by atoms with Gasteiger partial charge in [0, 0.05) is 19.0 Å². The van der Waals surface area contributed by atoms with Crippen molar-refractivity contribution in [3.8, 4) is 0 Å². The third-order valence-electron chi connectivity index (χ3n) is 7.69. The number of aliphatic hydroxyl groups is 2. The molecule has 168 valence electrons. The standard InChI is InChI=1S/C26H41NO3/c1-19(2)23(13-14-24(28)21-7-5-4-6-8-21)25(29)27-17-15-26(30,16-18-27)22-11-9-20(3)10-12-22/h4-7,13-14,19-24,28,30H,8-12,15-18H2,1-3H3/b14-13+/t20?,21?,22?,23-,24?/m1/s1. The number of rotatable bonds is 6. The fourth-order valence-corrected chi connectivity index (χ4v) is 5.35. The predicted octanol–water partition coefficient (Wildman–Crippen LogP) is 4.49. The van der Waals surface area contributed by atoms with Crippen molar-refractivity contribution in [1.82, 2.24) is 4.90 Å². The van der Waals surface area contributed by atoms with E-state index in [1.54, 1.807) is 6.08 Å². The molecule has 2 aliphatic carbocycles. The quantitative estimate of drug-likeness (QED) is 0.629. The van der Waals surface area contributed by atoms with Crippen molar-refractivity contribution in [3.05, 3.63) is 36.5 Å². The van der Waals surface area contributed by atoms with Gasteiger partial charge in [-0.05, 0) is 49.9 Å². The third kappa shape index (κ3) is 5.64. The maximum Gasteiger partial charge on any atom is 0.229 e. The van der Waals surface area contributed by atoms with Crippen LogP contribution in [0.25, 0.3) is 0 Å². The van der Waals surface area contributed by atoms with Gasteiger partial charge in [-0.3, -0.25) is 4.79 Å². The van der Waals surface area contributed by atoms with E-state index in [9.17, 15) is 15.0 Å². The molecule has 3 atom stereocenters. The number of amides is 1. The summed E-state index contributed by atoms with van der Waals surface area (Å²) in [7, 11) is 0. The Hall–Kier alpha value is -1.39. The summed E-state index contributed by atoms with van der Waals surface area (Å²) in [5, 5.41) is 21.8. The van der Waals surface area contributed by atoms with Gasteiger partial charge in [-0.2, -0.15) is 0 Å². The van der Waals surface area contributed by atoms with E-state index in [0.717, 1.165) is 25.2 Å². The summed E-state index contributed by atoms with van der Waals surface area (Å²) in [6.45, 7) is 7.70. The largest absolute Gasteiger partial charge is 0.389 e. The molecule has 0 aromatic carbocycles. The van der Waals surface area contributed by atoms with E-state index < -0.39 is 11.7 Å². The minimum absolute atomic E-state index is 0.0809. The van der Waals surface area contributed by atoms with Crippen LogP contribution >= 0.6 is 0 Å². The van der Waals surface area contributed by atoms with Crippen molar-refractivity contribution in [2.45, 2.75) is 77.4 Å². The second-order valence-corrected chi connectivity index (χ2v) is 10.2. The molecule has 1 heterocycles. The average Bonchev–Trinajstić information content (AvgIpc) is 2.75. The molecule has 0 radical (unpaired) electrons. The van der Waals surface area contributed by atoms with Crippen molar-refractivity contribution in [1.29, 1.82) is 0 Å². The summed E-state index contributed by atoms with van der Waals surface area (Å²) in [5.41, 5.74) is -0.600. The van der Waals surface area contributed by atoms with Crippen LogP contribution in [0, 0.1) is 29.6 Å². The Morgan fingerprint density at radius 3 is 2.33 bits per heavy atom. The molecule has 3 rings (SSSR count). The van der Waals surface area contributed by atoms with Crippen LogP contribution in [-0.4, -0.2) is 45.8 Å². The van der Waals surface area contributed by atoms with Crippen molar-refractivity contribution in [3.63, 3.8) is 0 Å². The highest BCUT2D eigenvalue weighted by Gasteiger charge is 2.42. The number of carbonyl (C=O) groups excluding carboxylic acids is 1. The summed E-state index contributed by atoms with van der Waals surface area (Å²) in [6.07, 6.45) is 18.1. The summed E-state index contributed by atoms with van der Waals surface area (Å²) in [4.78, 5) is 15.2. The van der Waals surface area contributed by atoms with Crippen LogP contribution < -0.4 is 0 Å². The predicted molar refractivity (Wildman–Crippen MR) is 122 cm³/mol. The smallest absolute Gasteiger partial charge is 0.229 e. The Kier molecular flexibility index (Phi) is 7.98. The number of piperidine rings is 1. The highest BCUT2D eigenvalue weighted by atomic mass is 16.3. The monoisotopic (exact) mass is 415 g/mol. The van der Waals surface area contributed by atoms with Crippen LogP contribution in [0.15, 0.2) is 36.5 Å². The molecular formula is C26H41NO3. The van der Waals surface area contributed by atoms with Crippen LogP contribution in [0.1, 0.15) is 65.7 Å². The van der Waals surface area contributed by atoms with Crippen LogP contribution in [0.3, 0.4) is 0 Å². The van der Waals surface area contributed by atoms with Gasteiger partial charge in [0.25, 0.3) is 0 Å². The zero-order chi connectivity index (χ0) is 21.7. The van der Waals surface area contributed by atoms with E-state index >= 15 is 0 Å². The molecule has 2 unspecified atom stereocenters. The molecule has 0 bridgehead atoms. The summed E-state index contributed by atoms with van der Waals surface area (Å²) < 4.78 is 0. The molecule has 2 N–H and O–H groups in total. The Morgan fingerprint density at radius 2 is 1.77 bits per heavy atom. The number of nitrogens with zero attached hydrogens (tertiary/aromatic N) is 1. The van der Waals surface area contributed by atoms with E-state index in [4.69, 9.17) is 0 Å². The molecular weight excluding hydrogens is 374 g/mol. The number of likely N-dealkylation sites (tertiary alicyclic amines) is 1. The molecule has 3 aliphatic rings. The summed E-state index contributed by atoms with van der Waals surface area (Å²) in [6, 6.07) is 0. The lowest BCUT2D eigenvalue weighted by molar-refractivity contribution is -0.142. The minimum atomic E-state index is -0.600. The van der Waals surface area contributed by atoms with Gasteiger partial charge < -0.3 is 15.1 Å². The zero-order valence-electron chi connectivity index (χ0n) is 19.0. The van der Waals surface area contributed by atoms with Gasteiger partial charge >= 0.3 is 0 Å². The Morgan fingerprint density at radius 1 is 1.10 bits per heavy atom. The van der Waals surface area contributed by atoms with Crippen molar-refractivity contribution in [2.75, 3.05) is 13.1 Å². The highest BCUT2D eigenvalue weighted by molar-refractivity contribution is 5.81. The van der Waals surface area contributed by atoms with Crippen LogP contribution in [0.4, 0.5) is 0 Å². The van der Waals surface area contributed by atoms with Crippen LogP contribution in [0.5, 0.6) is 0 Å². The van der Waals surface area contributed by atoms with E-state index in [2.05, 4.69) is 26.8 Å². The first-order valence-corrected chi connectivity index (χ1v) is 12.0. The zero-order valence-corrected chi connectivity index (χ0v) is 19.0. The first-order valence-electron chi connectivity index (χ1n) is 12.0. The van der Waals surface area contributed by atoms with Gasteiger partial charge in [0.15, 0.2) is 0 Å². The fraction of sp³-hybridized carbons (Fsp3) is 0.731. The second-order valence-electron chi connectivity index (χ2n) is 10.2. The maximum atomic E-state index is 13.2. The molecule has 1 aliphatic heterocycles. The normalized spacial score (nSPS) is 31.3. The van der Waals surface area contributed by atoms with Crippen molar-refractivity contribution >= 4 is 5.91 Å². The lowest BCUT2D eigenvalue weighted by atomic mass is 9.70. The van der Waals surface area contributed by atoms with Gasteiger partial charge in [-0.15, -0.1) is 0 Å². The lowest BCUT2D eigenvalue weighted by Crippen LogP contribution is -2.52. The number of hydrogen-bond acceptors (Lipinski definition) is 3. The Labute approximate surface area is 182 Å². The minimum Gasteiger partial charge on any atom is -0.389 e. The molecule has 4 nitrogen and oxygen atoms in total. The summed E-state index contributed by atoms with van der Waals surface area (Å²) >= 11 is 0. The molecule has 1 amide bonds. The van der Waals surface area contributed by atoms with Gasteiger partial charge in [0.1, 0.15) is 0 Å². The van der Waals surface area contributed by atoms with Gasteiger partial charge in [0.2, 0.25) is 5.91 Å². The van der Waals surface area contributed by atoms with Crippen molar-refractivity contribution in [2.24, 2.45) is 29.6 Å². The molecule has 0 aromatic heterocycles. The third-order valence-corrected chi connectivity index (χ3v) is 7.69. The lowest BCUT2D eigenvalue weighted by Gasteiger charge is -2.45. The molecule has 1 saturated carbocycles. The molecule has 0 spiro atoms. The van der Waals surface area contributed by atoms with E-state index in [1.165, 1.54) is 12.8 Å². The molecule has 0 aromatic rings. The Bertz CT molecular complexity index is 649. The molecule has 1 saturated heterocycles. The second kappa shape index (κ2) is 10.3. The summed E-state index contributed by atoms with van der Waals surface area (Å²) in [5.74, 6) is 1.32. The van der Waals surface area contributed by atoms with Crippen LogP contribution in [-0.2, 0) is 4.79 Å². The average molecular weight is 416 g/mol. The van der Waals surface area contributed by atoms with E-state index in [0.29, 0.717) is 31.8 Å². The number of carbonyl (C=O) groups is 1. The highest BCUT2D eigenvalue weighted by Crippen LogP contribution is 2.40. The topological polar surface area (TPSA) is 60.8 Å². The van der Waals surface area contributed by atoms with E-state index in [1.807, 2.05) is 29.2 Å². The van der Waals surface area contributed by atoms with Crippen molar-refractivity contribution < 1.29 is 15.0 Å². The maximum absolute atomic E-state index is 13.2. The molecule has 4 heteroatoms. The first-order chi connectivity index (χ1) is 14.3. The fourth-order valence-electron chi connectivity index (χ4n) is 5.35. The van der Waals surface area contributed by atoms with Gasteiger partial charge in [-0.25, -0.2) is 0 Å². The van der Waals surface area contributed by atoms with E-state index in [-0.39, 0.29) is 23.7 Å². The van der Waals surface area contributed by atoms with Gasteiger partial charge in [0.05, 0.1) is 17.6 Å². The number of aliphatic hydroxyl groups excluding tert-OH is 1. The number of hydrogen-bond donors (Lipinski definition) is 2. The SMILES string of the molecule is CC1CCC(C2(O)CCN(C(=O)[C@H](/C=C/C(O)C3C=CC=CC3)C(C)C)CC2)CC1. The van der Waals surface area contributed by atoms with Gasteiger partial charge in [-0.1, -0.05) is 70.1 Å². The Balaban J connectivity index is 1.56. The first kappa shape index (κ1) is 23.3. The molecule has 30 heavy (non-hydrogen) atoms.